The van der Waals surface area contributed by atoms with E-state index in [2.05, 4.69) is 44.7 Å². The van der Waals surface area contributed by atoms with Gasteiger partial charge in [-0.1, -0.05) is 0 Å². The lowest BCUT2D eigenvalue weighted by Gasteiger charge is -1.66. The smallest absolute Gasteiger partial charge is 0.0634 e. The molecule has 2 nitrogen and oxygen atoms in total. The first-order chi connectivity index (χ1) is 4.91. The summed E-state index contributed by atoms with van der Waals surface area (Å²) in [4.78, 5) is 7.03. The van der Waals surface area contributed by atoms with Gasteiger partial charge in [0, 0.05) is 12.4 Å². The van der Waals surface area contributed by atoms with E-state index in [1.807, 2.05) is 0 Å². The van der Waals surface area contributed by atoms with Crippen LogP contribution in [-0.2, 0) is 0 Å². The molecular weight excluding hydrogens is 164 g/mol. The van der Waals surface area contributed by atoms with Crippen LogP contribution in [-0.4, -0.2) is 10.3 Å². The zero-order chi connectivity index (χ0) is 7.66. The largest absolute Gasteiger partial charge is 0.203 e. The first kappa shape index (κ1) is 9.08. The normalized spacial score (nSPS) is 9.20. The number of isothiocyanates is 2. The fourth-order valence-corrected chi connectivity index (χ4v) is 0.368. The van der Waals surface area contributed by atoms with Crippen molar-refractivity contribution < 1.29 is 0 Å². The lowest BCUT2D eigenvalue weighted by atomic mass is 10.6. The minimum absolute atomic E-state index is 1.50. The fraction of sp³-hybridized carbons (Fsp3) is 0. The average Bonchev–Trinajstić information content (AvgIpc) is 1.97. The number of aliphatic imine (C=N–C) groups is 2. The van der Waals surface area contributed by atoms with Crippen molar-refractivity contribution in [3.05, 3.63) is 24.6 Å². The maximum Gasteiger partial charge on any atom is 0.0634 e. The van der Waals surface area contributed by atoms with Crippen molar-refractivity contribution in [1.29, 1.82) is 0 Å². The number of hydrogen-bond donors (Lipinski definition) is 0. The number of thiocarbonyl (C=S) groups is 2. The minimum atomic E-state index is 1.50. The molecular formula is C6H4N2S2. The Morgan fingerprint density at radius 1 is 0.900 bits per heavy atom. The third-order valence-corrected chi connectivity index (χ3v) is 0.749. The maximum absolute atomic E-state index is 4.31. The monoisotopic (exact) mass is 168 g/mol. The van der Waals surface area contributed by atoms with Gasteiger partial charge >= 0.3 is 0 Å². The molecule has 0 heterocycles. The molecule has 0 aliphatic rings. The van der Waals surface area contributed by atoms with Gasteiger partial charge in [0.05, 0.1) is 10.3 Å². The van der Waals surface area contributed by atoms with E-state index in [4.69, 9.17) is 0 Å². The third kappa shape index (κ3) is 7.08. The van der Waals surface area contributed by atoms with Crippen molar-refractivity contribution in [2.75, 3.05) is 0 Å². The molecule has 0 aromatic rings. The summed E-state index contributed by atoms with van der Waals surface area (Å²) in [5.41, 5.74) is 0. The van der Waals surface area contributed by atoms with E-state index in [0.717, 1.165) is 0 Å². The molecule has 0 radical (unpaired) electrons. The van der Waals surface area contributed by atoms with Gasteiger partial charge < -0.3 is 0 Å². The van der Waals surface area contributed by atoms with E-state index in [9.17, 15) is 0 Å². The molecule has 0 rings (SSSR count). The van der Waals surface area contributed by atoms with Crippen LogP contribution in [0.2, 0.25) is 0 Å². The number of nitrogens with zero attached hydrogens (tertiary/aromatic N) is 2. The highest BCUT2D eigenvalue weighted by molar-refractivity contribution is 7.78. The van der Waals surface area contributed by atoms with Gasteiger partial charge in [-0.15, -0.1) is 0 Å². The summed E-state index contributed by atoms with van der Waals surface area (Å²) >= 11 is 8.62. The summed E-state index contributed by atoms with van der Waals surface area (Å²) in [7, 11) is 0. The molecule has 0 fully saturated rings. The second-order valence-corrected chi connectivity index (χ2v) is 1.49. The van der Waals surface area contributed by atoms with Crippen LogP contribution < -0.4 is 0 Å². The lowest BCUT2D eigenvalue weighted by molar-refractivity contribution is 1.57. The van der Waals surface area contributed by atoms with E-state index >= 15 is 0 Å². The predicted molar refractivity (Wildman–Crippen MR) is 48.3 cm³/mol. The topological polar surface area (TPSA) is 24.7 Å². The summed E-state index contributed by atoms with van der Waals surface area (Å²) in [6.45, 7) is 0. The maximum atomic E-state index is 4.31. The SMILES string of the molecule is S=C=N/C=C/C=C/N=C=S. The Morgan fingerprint density at radius 2 is 1.30 bits per heavy atom. The van der Waals surface area contributed by atoms with Crippen molar-refractivity contribution >= 4 is 34.8 Å². The van der Waals surface area contributed by atoms with Gasteiger partial charge in [0.1, 0.15) is 0 Å². The van der Waals surface area contributed by atoms with Crippen LogP contribution in [0.5, 0.6) is 0 Å². The number of hydrogen-bond acceptors (Lipinski definition) is 4. The molecule has 0 N–H and O–H groups in total. The summed E-state index contributed by atoms with van der Waals surface area (Å²) in [5, 5.41) is 4.36. The molecule has 0 aliphatic carbocycles. The first-order valence-corrected chi connectivity index (χ1v) is 3.19. The molecule has 50 valence electrons. The molecule has 0 atom stereocenters. The number of allylic oxidation sites excluding steroid dienone is 2. The van der Waals surface area contributed by atoms with Gasteiger partial charge in [-0.25, -0.2) is 9.98 Å². The molecule has 4 heteroatoms. The lowest BCUT2D eigenvalue weighted by Crippen LogP contribution is -1.49. The highest BCUT2D eigenvalue weighted by Crippen LogP contribution is 1.77. The molecule has 0 aliphatic heterocycles. The Labute approximate surface area is 69.7 Å². The Bertz CT molecular complexity index is 204. The first-order valence-electron chi connectivity index (χ1n) is 2.37. The van der Waals surface area contributed by atoms with Gasteiger partial charge in [0.25, 0.3) is 0 Å². The summed E-state index contributed by atoms with van der Waals surface area (Å²) in [6.07, 6.45) is 6.33. The van der Waals surface area contributed by atoms with Gasteiger partial charge in [0.15, 0.2) is 0 Å². The van der Waals surface area contributed by atoms with Crippen molar-refractivity contribution in [2.45, 2.75) is 0 Å². The predicted octanol–water partition coefficient (Wildman–Crippen LogP) is 2.22. The Hall–Kier alpha value is -0.920. The van der Waals surface area contributed by atoms with Gasteiger partial charge in [0.2, 0.25) is 0 Å². The van der Waals surface area contributed by atoms with Gasteiger partial charge in [-0.2, -0.15) is 0 Å². The molecule has 0 saturated carbocycles. The van der Waals surface area contributed by atoms with E-state index in [1.54, 1.807) is 12.2 Å². The minimum Gasteiger partial charge on any atom is -0.203 e. The highest BCUT2D eigenvalue weighted by atomic mass is 32.1. The van der Waals surface area contributed by atoms with Crippen LogP contribution >= 0.6 is 24.4 Å². The molecule has 0 unspecified atom stereocenters. The Balaban J connectivity index is 3.71. The molecule has 0 spiro atoms. The van der Waals surface area contributed by atoms with Crippen LogP contribution in [0, 0.1) is 0 Å². The second kappa shape index (κ2) is 8.08. The zero-order valence-electron chi connectivity index (χ0n) is 5.02. The van der Waals surface area contributed by atoms with Crippen molar-refractivity contribution in [1.82, 2.24) is 0 Å². The van der Waals surface area contributed by atoms with E-state index in [1.165, 1.54) is 12.4 Å². The van der Waals surface area contributed by atoms with E-state index in [-0.39, 0.29) is 0 Å². The Kier molecular flexibility index (Phi) is 7.34. The molecule has 10 heavy (non-hydrogen) atoms. The molecule has 0 amide bonds. The quantitative estimate of drug-likeness (QED) is 0.366. The number of rotatable bonds is 3. The standard InChI is InChI=1S/C6H4N2S2/c9-5-7-3-1-2-4-8-6-10/h1-4H/b3-1+,4-2+. The molecule has 0 saturated heterocycles. The third-order valence-electron chi connectivity index (χ3n) is 0.538. The average molecular weight is 168 g/mol. The van der Waals surface area contributed by atoms with Gasteiger partial charge in [-0.3, -0.25) is 0 Å². The Morgan fingerprint density at radius 3 is 1.60 bits per heavy atom. The van der Waals surface area contributed by atoms with Crippen LogP contribution in [0.4, 0.5) is 0 Å². The van der Waals surface area contributed by atoms with Crippen molar-refractivity contribution in [3.63, 3.8) is 0 Å². The fourth-order valence-electron chi connectivity index (χ4n) is 0.246. The van der Waals surface area contributed by atoms with Crippen molar-refractivity contribution in [3.8, 4) is 0 Å². The second-order valence-electron chi connectivity index (χ2n) is 1.12. The van der Waals surface area contributed by atoms with Crippen LogP contribution in [0.1, 0.15) is 0 Å². The van der Waals surface area contributed by atoms with Crippen LogP contribution in [0.15, 0.2) is 34.5 Å². The van der Waals surface area contributed by atoms with E-state index in [0.29, 0.717) is 0 Å². The van der Waals surface area contributed by atoms with Crippen LogP contribution in [0.25, 0.3) is 0 Å². The molecule has 0 bridgehead atoms. The summed E-state index contributed by atoms with van der Waals surface area (Å²) in [6, 6.07) is 0. The van der Waals surface area contributed by atoms with Gasteiger partial charge in [-0.05, 0) is 36.6 Å². The van der Waals surface area contributed by atoms with Crippen molar-refractivity contribution in [2.24, 2.45) is 9.98 Å². The zero-order valence-corrected chi connectivity index (χ0v) is 6.65. The molecule has 0 aromatic heterocycles. The highest BCUT2D eigenvalue weighted by Gasteiger charge is 1.58. The molecule has 0 aromatic carbocycles. The summed E-state index contributed by atoms with van der Waals surface area (Å²) in [5.74, 6) is 0. The van der Waals surface area contributed by atoms with Crippen LogP contribution in [0.3, 0.4) is 0 Å². The van der Waals surface area contributed by atoms with E-state index < -0.39 is 0 Å². The summed E-state index contributed by atoms with van der Waals surface area (Å²) < 4.78 is 0.